The molecular weight excluding hydrogens is 441 g/mol. The van der Waals surface area contributed by atoms with E-state index in [9.17, 15) is 22.8 Å². The number of amides is 2. The van der Waals surface area contributed by atoms with Crippen LogP contribution in [-0.2, 0) is 6.18 Å². The first-order valence-corrected chi connectivity index (χ1v) is 12.1. The minimum absolute atomic E-state index is 0.0487. The molecule has 34 heavy (non-hydrogen) atoms. The SMILES string of the molecule is Cc1ccc(C(F)(F)F)c(C2CCN(CCCCCCN3C(=O)c4ccccc4C3=O)CC2)c1. The third-order valence-electron chi connectivity index (χ3n) is 7.02. The van der Waals surface area contributed by atoms with Gasteiger partial charge in [-0.2, -0.15) is 13.2 Å². The summed E-state index contributed by atoms with van der Waals surface area (Å²) in [7, 11) is 0. The van der Waals surface area contributed by atoms with Crippen LogP contribution in [0.2, 0.25) is 0 Å². The Hall–Kier alpha value is -2.67. The molecule has 0 radical (unpaired) electrons. The van der Waals surface area contributed by atoms with Gasteiger partial charge >= 0.3 is 6.18 Å². The Morgan fingerprint density at radius 1 is 0.853 bits per heavy atom. The fourth-order valence-electron chi connectivity index (χ4n) is 5.15. The van der Waals surface area contributed by atoms with Gasteiger partial charge in [0.05, 0.1) is 16.7 Å². The number of fused-ring (bicyclic) bond motifs is 1. The number of hydrogen-bond acceptors (Lipinski definition) is 3. The predicted octanol–water partition coefficient (Wildman–Crippen LogP) is 6.05. The Bertz CT molecular complexity index is 1010. The molecular formula is C27H31F3N2O2. The van der Waals surface area contributed by atoms with Gasteiger partial charge in [0.1, 0.15) is 0 Å². The highest BCUT2D eigenvalue weighted by molar-refractivity contribution is 6.21. The number of alkyl halides is 3. The highest BCUT2D eigenvalue weighted by Gasteiger charge is 2.36. The van der Waals surface area contributed by atoms with E-state index in [0.717, 1.165) is 63.7 Å². The molecule has 4 nitrogen and oxygen atoms in total. The Morgan fingerprint density at radius 3 is 2.03 bits per heavy atom. The molecule has 0 atom stereocenters. The molecule has 2 heterocycles. The molecule has 1 fully saturated rings. The Kier molecular flexibility index (Phi) is 7.41. The normalized spacial score (nSPS) is 17.5. The van der Waals surface area contributed by atoms with Crippen LogP contribution in [0.3, 0.4) is 0 Å². The zero-order valence-electron chi connectivity index (χ0n) is 19.5. The van der Waals surface area contributed by atoms with Crippen LogP contribution in [0, 0.1) is 6.92 Å². The van der Waals surface area contributed by atoms with Crippen LogP contribution in [0.1, 0.15) is 81.8 Å². The summed E-state index contributed by atoms with van der Waals surface area (Å²) in [6, 6.07) is 11.4. The first kappa shape index (κ1) is 24.5. The van der Waals surface area contributed by atoms with Crippen molar-refractivity contribution in [3.8, 4) is 0 Å². The number of nitrogens with zero attached hydrogens (tertiary/aromatic N) is 2. The predicted molar refractivity (Wildman–Crippen MR) is 125 cm³/mol. The van der Waals surface area contributed by atoms with Gasteiger partial charge in [0, 0.05) is 6.54 Å². The van der Waals surface area contributed by atoms with Crippen molar-refractivity contribution >= 4 is 11.8 Å². The number of aryl methyl sites for hydroxylation is 1. The smallest absolute Gasteiger partial charge is 0.303 e. The van der Waals surface area contributed by atoms with Gasteiger partial charge in [0.2, 0.25) is 0 Å². The fourth-order valence-corrected chi connectivity index (χ4v) is 5.15. The summed E-state index contributed by atoms with van der Waals surface area (Å²) in [5.41, 5.74) is 1.80. The molecule has 2 amide bonds. The van der Waals surface area contributed by atoms with E-state index in [-0.39, 0.29) is 17.7 Å². The average Bonchev–Trinajstić information content (AvgIpc) is 3.05. The number of likely N-dealkylation sites (tertiary alicyclic amines) is 1. The van der Waals surface area contributed by atoms with Crippen molar-refractivity contribution < 1.29 is 22.8 Å². The lowest BCUT2D eigenvalue weighted by Gasteiger charge is -2.33. The van der Waals surface area contributed by atoms with Crippen molar-refractivity contribution in [1.29, 1.82) is 0 Å². The van der Waals surface area contributed by atoms with E-state index in [2.05, 4.69) is 4.90 Å². The summed E-state index contributed by atoms with van der Waals surface area (Å²) in [6.45, 7) is 4.83. The number of halogens is 3. The number of rotatable bonds is 8. The second-order valence-corrected chi connectivity index (χ2v) is 9.43. The Balaban J connectivity index is 1.16. The summed E-state index contributed by atoms with van der Waals surface area (Å²) in [5.74, 6) is -0.455. The molecule has 0 aromatic heterocycles. The van der Waals surface area contributed by atoms with Crippen LogP contribution in [0.25, 0.3) is 0 Å². The second-order valence-electron chi connectivity index (χ2n) is 9.43. The summed E-state index contributed by atoms with van der Waals surface area (Å²) in [4.78, 5) is 28.5. The molecule has 2 aromatic carbocycles. The van der Waals surface area contributed by atoms with Gasteiger partial charge in [-0.1, -0.05) is 42.7 Å². The summed E-state index contributed by atoms with van der Waals surface area (Å²) >= 11 is 0. The number of carbonyl (C=O) groups is 2. The van der Waals surface area contributed by atoms with E-state index in [4.69, 9.17) is 0 Å². The number of benzene rings is 2. The average molecular weight is 473 g/mol. The molecule has 2 aliphatic rings. The molecule has 2 aromatic rings. The van der Waals surface area contributed by atoms with Crippen LogP contribution < -0.4 is 0 Å². The zero-order valence-corrected chi connectivity index (χ0v) is 19.5. The molecule has 0 bridgehead atoms. The molecule has 182 valence electrons. The molecule has 0 unspecified atom stereocenters. The fraction of sp³-hybridized carbons (Fsp3) is 0.481. The van der Waals surface area contributed by atoms with Crippen molar-refractivity contribution in [2.45, 2.75) is 57.5 Å². The van der Waals surface area contributed by atoms with Crippen molar-refractivity contribution in [1.82, 2.24) is 9.80 Å². The van der Waals surface area contributed by atoms with E-state index in [0.29, 0.717) is 23.2 Å². The van der Waals surface area contributed by atoms with E-state index < -0.39 is 11.7 Å². The Labute approximate surface area is 198 Å². The lowest BCUT2D eigenvalue weighted by Crippen LogP contribution is -2.34. The molecule has 0 N–H and O–H groups in total. The molecule has 0 saturated carbocycles. The monoisotopic (exact) mass is 472 g/mol. The maximum absolute atomic E-state index is 13.4. The van der Waals surface area contributed by atoms with E-state index in [1.807, 2.05) is 6.92 Å². The first-order valence-electron chi connectivity index (χ1n) is 12.1. The van der Waals surface area contributed by atoms with E-state index >= 15 is 0 Å². The second kappa shape index (κ2) is 10.3. The number of carbonyl (C=O) groups excluding carboxylic acids is 2. The quantitative estimate of drug-likeness (QED) is 0.347. The number of imide groups is 1. The lowest BCUT2D eigenvalue weighted by molar-refractivity contribution is -0.138. The standard InChI is InChI=1S/C27H31F3N2O2/c1-19-10-11-24(27(28,29)30)23(18-19)20-12-16-31(17-13-20)14-6-2-3-7-15-32-25(33)21-8-4-5-9-22(21)26(32)34/h4-5,8-11,18,20H,2-3,6-7,12-17H2,1H3. The summed E-state index contributed by atoms with van der Waals surface area (Å²) < 4.78 is 40.3. The minimum atomic E-state index is -4.31. The first-order chi connectivity index (χ1) is 16.3. The molecule has 2 aliphatic heterocycles. The third-order valence-corrected chi connectivity index (χ3v) is 7.02. The summed E-state index contributed by atoms with van der Waals surface area (Å²) in [6.07, 6.45) is 0.888. The highest BCUT2D eigenvalue weighted by Crippen LogP contribution is 2.39. The third kappa shape index (κ3) is 5.35. The Morgan fingerprint density at radius 2 is 1.44 bits per heavy atom. The van der Waals surface area contributed by atoms with Gasteiger partial charge in [0.15, 0.2) is 0 Å². The molecule has 4 rings (SSSR count). The maximum Gasteiger partial charge on any atom is 0.416 e. The van der Waals surface area contributed by atoms with Gasteiger partial charge in [-0.05, 0) is 81.9 Å². The van der Waals surface area contributed by atoms with Gasteiger partial charge in [0.25, 0.3) is 11.8 Å². The number of unbranched alkanes of at least 4 members (excludes halogenated alkanes) is 3. The van der Waals surface area contributed by atoms with Crippen molar-refractivity contribution in [2.24, 2.45) is 0 Å². The molecule has 0 spiro atoms. The van der Waals surface area contributed by atoms with E-state index in [1.165, 1.54) is 17.0 Å². The van der Waals surface area contributed by atoms with Gasteiger partial charge in [-0.15, -0.1) is 0 Å². The van der Waals surface area contributed by atoms with Gasteiger partial charge in [-0.3, -0.25) is 14.5 Å². The van der Waals surface area contributed by atoms with Crippen LogP contribution in [0.15, 0.2) is 42.5 Å². The van der Waals surface area contributed by atoms with Crippen molar-refractivity contribution in [2.75, 3.05) is 26.2 Å². The van der Waals surface area contributed by atoms with Crippen LogP contribution in [0.5, 0.6) is 0 Å². The van der Waals surface area contributed by atoms with Gasteiger partial charge < -0.3 is 4.90 Å². The van der Waals surface area contributed by atoms with Crippen molar-refractivity contribution in [3.05, 3.63) is 70.3 Å². The minimum Gasteiger partial charge on any atom is -0.303 e. The van der Waals surface area contributed by atoms with Crippen LogP contribution in [-0.4, -0.2) is 47.8 Å². The molecule has 1 saturated heterocycles. The largest absolute Gasteiger partial charge is 0.416 e. The molecule has 0 aliphatic carbocycles. The summed E-state index contributed by atoms with van der Waals surface area (Å²) in [5, 5.41) is 0. The van der Waals surface area contributed by atoms with Gasteiger partial charge in [-0.25, -0.2) is 0 Å². The topological polar surface area (TPSA) is 40.6 Å². The lowest BCUT2D eigenvalue weighted by atomic mass is 9.85. The van der Waals surface area contributed by atoms with Crippen LogP contribution in [0.4, 0.5) is 13.2 Å². The number of piperidine rings is 1. The zero-order chi connectivity index (χ0) is 24.3. The number of hydrogen-bond donors (Lipinski definition) is 0. The van der Waals surface area contributed by atoms with Crippen LogP contribution >= 0.6 is 0 Å². The molecule has 7 heteroatoms. The van der Waals surface area contributed by atoms with Crippen molar-refractivity contribution in [3.63, 3.8) is 0 Å². The maximum atomic E-state index is 13.4. The highest BCUT2D eigenvalue weighted by atomic mass is 19.4. The van der Waals surface area contributed by atoms with E-state index in [1.54, 1.807) is 30.3 Å².